The molecule has 88 valence electrons. The average molecular weight is 221 g/mol. The van der Waals surface area contributed by atoms with Gasteiger partial charge in [-0.3, -0.25) is 0 Å². The Hall–Kier alpha value is -1.55. The summed E-state index contributed by atoms with van der Waals surface area (Å²) in [6.45, 7) is 2.67. The topological polar surface area (TPSA) is 50.9 Å². The Labute approximate surface area is 96.7 Å². The van der Waals surface area contributed by atoms with Gasteiger partial charge in [-0.05, 0) is 19.1 Å². The number of methoxy groups -OCH3 is 1. The molecule has 16 heavy (non-hydrogen) atoms. The Bertz CT molecular complexity index is 337. The highest BCUT2D eigenvalue weighted by atomic mass is 16.5. The summed E-state index contributed by atoms with van der Waals surface area (Å²) in [6, 6.07) is 9.86. The molecule has 0 aromatic heterocycles. The lowest BCUT2D eigenvalue weighted by Crippen LogP contribution is -2.42. The van der Waals surface area contributed by atoms with Crippen molar-refractivity contribution in [3.63, 3.8) is 0 Å². The zero-order chi connectivity index (χ0) is 12.0. The van der Waals surface area contributed by atoms with Crippen molar-refractivity contribution < 1.29 is 4.74 Å². The molecule has 0 aliphatic heterocycles. The number of guanidine groups is 1. The molecule has 1 unspecified atom stereocenters. The first-order valence-corrected chi connectivity index (χ1v) is 5.26. The summed E-state index contributed by atoms with van der Waals surface area (Å²) in [5, 5.41) is 0. The molecular weight excluding hydrogens is 202 g/mol. The molecule has 0 radical (unpaired) electrons. The van der Waals surface area contributed by atoms with Crippen molar-refractivity contribution in [2.45, 2.75) is 13.0 Å². The van der Waals surface area contributed by atoms with E-state index in [0.717, 1.165) is 5.69 Å². The van der Waals surface area contributed by atoms with Crippen molar-refractivity contribution in [1.82, 2.24) is 4.90 Å². The summed E-state index contributed by atoms with van der Waals surface area (Å²) in [7, 11) is 3.58. The van der Waals surface area contributed by atoms with Gasteiger partial charge in [0.25, 0.3) is 0 Å². The van der Waals surface area contributed by atoms with Gasteiger partial charge in [0.05, 0.1) is 18.3 Å². The van der Waals surface area contributed by atoms with Crippen LogP contribution in [0.1, 0.15) is 6.92 Å². The number of aliphatic imine (C=N–C) groups is 1. The van der Waals surface area contributed by atoms with Crippen molar-refractivity contribution in [3.8, 4) is 0 Å². The molecule has 0 fully saturated rings. The molecule has 0 heterocycles. The van der Waals surface area contributed by atoms with Crippen LogP contribution in [0.15, 0.2) is 35.3 Å². The van der Waals surface area contributed by atoms with E-state index in [4.69, 9.17) is 10.5 Å². The van der Waals surface area contributed by atoms with Gasteiger partial charge in [0, 0.05) is 14.2 Å². The average Bonchev–Trinajstić information content (AvgIpc) is 2.29. The number of likely N-dealkylation sites (N-methyl/N-ethyl adjacent to an activating group) is 1. The molecule has 1 atom stereocenters. The molecular formula is C12H19N3O. The number of para-hydroxylation sites is 1. The van der Waals surface area contributed by atoms with Crippen molar-refractivity contribution in [2.24, 2.45) is 10.7 Å². The minimum atomic E-state index is 0.206. The molecule has 2 N–H and O–H groups in total. The van der Waals surface area contributed by atoms with Gasteiger partial charge in [0.15, 0.2) is 5.96 Å². The predicted molar refractivity (Wildman–Crippen MR) is 66.8 cm³/mol. The van der Waals surface area contributed by atoms with Crippen molar-refractivity contribution >= 4 is 11.6 Å². The highest BCUT2D eigenvalue weighted by Gasteiger charge is 2.10. The molecule has 1 aromatic carbocycles. The van der Waals surface area contributed by atoms with Crippen LogP contribution >= 0.6 is 0 Å². The van der Waals surface area contributed by atoms with Crippen LogP contribution in [-0.2, 0) is 4.74 Å². The number of hydrogen-bond donors (Lipinski definition) is 1. The van der Waals surface area contributed by atoms with E-state index in [1.54, 1.807) is 7.11 Å². The van der Waals surface area contributed by atoms with E-state index in [-0.39, 0.29) is 6.04 Å². The lowest BCUT2D eigenvalue weighted by Gasteiger charge is -2.25. The van der Waals surface area contributed by atoms with E-state index >= 15 is 0 Å². The number of ether oxygens (including phenoxy) is 1. The molecule has 4 heteroatoms. The molecule has 1 aromatic rings. The number of nitrogens with two attached hydrogens (primary N) is 1. The van der Waals surface area contributed by atoms with E-state index in [1.165, 1.54) is 0 Å². The summed E-state index contributed by atoms with van der Waals surface area (Å²) < 4.78 is 5.07. The van der Waals surface area contributed by atoms with Gasteiger partial charge in [0.1, 0.15) is 0 Å². The Morgan fingerprint density at radius 2 is 2.06 bits per heavy atom. The lowest BCUT2D eigenvalue weighted by molar-refractivity contribution is 0.145. The first-order valence-electron chi connectivity index (χ1n) is 5.26. The van der Waals surface area contributed by atoms with E-state index in [2.05, 4.69) is 4.99 Å². The molecule has 0 saturated carbocycles. The lowest BCUT2D eigenvalue weighted by atomic mass is 10.3. The first-order chi connectivity index (χ1) is 7.65. The summed E-state index contributed by atoms with van der Waals surface area (Å²) in [6.07, 6.45) is 0. The monoisotopic (exact) mass is 221 g/mol. The van der Waals surface area contributed by atoms with E-state index in [0.29, 0.717) is 12.6 Å². The molecule has 0 bridgehead atoms. The van der Waals surface area contributed by atoms with Crippen molar-refractivity contribution in [2.75, 3.05) is 20.8 Å². The predicted octanol–water partition coefficient (Wildman–Crippen LogP) is 1.60. The van der Waals surface area contributed by atoms with E-state index in [9.17, 15) is 0 Å². The largest absolute Gasteiger partial charge is 0.383 e. The van der Waals surface area contributed by atoms with E-state index < -0.39 is 0 Å². The molecule has 0 aliphatic rings. The highest BCUT2D eigenvalue weighted by Crippen LogP contribution is 2.10. The summed E-state index contributed by atoms with van der Waals surface area (Å²) in [5.74, 6) is 0.496. The van der Waals surface area contributed by atoms with Gasteiger partial charge in [-0.2, -0.15) is 0 Å². The number of nitrogens with zero attached hydrogens (tertiary/aromatic N) is 2. The van der Waals surface area contributed by atoms with Crippen LogP contribution in [0.25, 0.3) is 0 Å². The van der Waals surface area contributed by atoms with Crippen LogP contribution in [0.4, 0.5) is 5.69 Å². The third kappa shape index (κ3) is 3.55. The van der Waals surface area contributed by atoms with Crippen LogP contribution in [0.3, 0.4) is 0 Å². The minimum Gasteiger partial charge on any atom is -0.383 e. The first kappa shape index (κ1) is 12.5. The van der Waals surface area contributed by atoms with Gasteiger partial charge in [-0.15, -0.1) is 0 Å². The fourth-order valence-corrected chi connectivity index (χ4v) is 1.29. The Morgan fingerprint density at radius 1 is 1.44 bits per heavy atom. The quantitative estimate of drug-likeness (QED) is 0.620. The molecule has 1 rings (SSSR count). The zero-order valence-electron chi connectivity index (χ0n) is 10.1. The number of benzene rings is 1. The fourth-order valence-electron chi connectivity index (χ4n) is 1.29. The Balaban J connectivity index is 2.70. The molecule has 0 spiro atoms. The van der Waals surface area contributed by atoms with Crippen LogP contribution in [0.2, 0.25) is 0 Å². The third-order valence-corrected chi connectivity index (χ3v) is 2.43. The molecule has 0 aliphatic carbocycles. The van der Waals surface area contributed by atoms with Gasteiger partial charge < -0.3 is 15.4 Å². The van der Waals surface area contributed by atoms with Crippen molar-refractivity contribution in [3.05, 3.63) is 30.3 Å². The summed E-state index contributed by atoms with van der Waals surface area (Å²) in [4.78, 5) is 6.23. The Morgan fingerprint density at radius 3 is 2.62 bits per heavy atom. The van der Waals surface area contributed by atoms with Crippen LogP contribution in [0, 0.1) is 0 Å². The standard InChI is InChI=1S/C12H19N3O/c1-10(9-16-3)15(2)12(13)14-11-7-5-4-6-8-11/h4-8,10H,9H2,1-3H3,(H2,13,14). The van der Waals surface area contributed by atoms with Gasteiger partial charge in [0.2, 0.25) is 0 Å². The summed E-state index contributed by atoms with van der Waals surface area (Å²) in [5.41, 5.74) is 6.76. The number of rotatable bonds is 4. The second-order valence-corrected chi connectivity index (χ2v) is 3.72. The van der Waals surface area contributed by atoms with Crippen LogP contribution in [-0.4, -0.2) is 37.7 Å². The zero-order valence-corrected chi connectivity index (χ0v) is 10.1. The normalized spacial score (nSPS) is 13.6. The SMILES string of the molecule is COCC(C)N(C)C(N)=Nc1ccccc1. The minimum absolute atomic E-state index is 0.206. The maximum Gasteiger partial charge on any atom is 0.196 e. The van der Waals surface area contributed by atoms with Gasteiger partial charge in [-0.1, -0.05) is 18.2 Å². The second-order valence-electron chi connectivity index (χ2n) is 3.72. The van der Waals surface area contributed by atoms with Crippen molar-refractivity contribution in [1.29, 1.82) is 0 Å². The fraction of sp³-hybridized carbons (Fsp3) is 0.417. The van der Waals surface area contributed by atoms with Gasteiger partial charge in [-0.25, -0.2) is 4.99 Å². The summed E-state index contributed by atoms with van der Waals surface area (Å²) >= 11 is 0. The molecule has 0 saturated heterocycles. The van der Waals surface area contributed by atoms with E-state index in [1.807, 2.05) is 49.2 Å². The number of hydrogen-bond acceptors (Lipinski definition) is 2. The van der Waals surface area contributed by atoms with Crippen LogP contribution < -0.4 is 5.73 Å². The van der Waals surface area contributed by atoms with Gasteiger partial charge >= 0.3 is 0 Å². The van der Waals surface area contributed by atoms with Crippen LogP contribution in [0.5, 0.6) is 0 Å². The Kier molecular flexibility index (Phi) is 4.79. The second kappa shape index (κ2) is 6.12. The maximum absolute atomic E-state index is 5.90. The molecule has 0 amide bonds. The smallest absolute Gasteiger partial charge is 0.196 e. The maximum atomic E-state index is 5.90. The molecule has 4 nitrogen and oxygen atoms in total. The highest BCUT2D eigenvalue weighted by molar-refractivity contribution is 5.81. The third-order valence-electron chi connectivity index (χ3n) is 2.43.